The largest absolute Gasteiger partial charge is 0.383 e. The van der Waals surface area contributed by atoms with E-state index in [2.05, 4.69) is 15.3 Å². The van der Waals surface area contributed by atoms with E-state index in [0.717, 1.165) is 22.3 Å². The molecule has 0 radical (unpaired) electrons. The lowest BCUT2D eigenvalue weighted by Gasteiger charge is -2.06. The molecule has 0 aliphatic carbocycles. The Hall–Kier alpha value is -2.37. The lowest BCUT2D eigenvalue weighted by molar-refractivity contribution is 0.0937. The number of amides is 1. The van der Waals surface area contributed by atoms with Crippen LogP contribution >= 0.6 is 11.6 Å². The molecule has 3 aromatic rings. The molecule has 0 unspecified atom stereocenters. The zero-order valence-electron chi connectivity index (χ0n) is 12.6. The minimum Gasteiger partial charge on any atom is -0.383 e. The highest BCUT2D eigenvalue weighted by molar-refractivity contribution is 6.35. The summed E-state index contributed by atoms with van der Waals surface area (Å²) in [6.45, 7) is 0.961. The van der Waals surface area contributed by atoms with Crippen molar-refractivity contribution in [2.75, 3.05) is 20.3 Å². The molecule has 0 saturated heterocycles. The number of benzene rings is 1. The van der Waals surface area contributed by atoms with Gasteiger partial charge < -0.3 is 15.0 Å². The molecular weight excluding hydrogens is 314 g/mol. The summed E-state index contributed by atoms with van der Waals surface area (Å²) in [6, 6.07) is 11.1. The van der Waals surface area contributed by atoms with Crippen LogP contribution in [-0.2, 0) is 4.74 Å². The number of carbonyl (C=O) groups is 1. The molecule has 2 aromatic heterocycles. The van der Waals surface area contributed by atoms with Gasteiger partial charge in [-0.2, -0.15) is 0 Å². The van der Waals surface area contributed by atoms with Gasteiger partial charge in [0.05, 0.1) is 11.6 Å². The second-order valence-corrected chi connectivity index (χ2v) is 5.47. The fourth-order valence-corrected chi connectivity index (χ4v) is 2.55. The number of pyridine rings is 1. The van der Waals surface area contributed by atoms with Crippen LogP contribution in [0.4, 0.5) is 0 Å². The number of aromatic amines is 1. The van der Waals surface area contributed by atoms with Crippen molar-refractivity contribution < 1.29 is 9.53 Å². The van der Waals surface area contributed by atoms with E-state index >= 15 is 0 Å². The highest BCUT2D eigenvalue weighted by Crippen LogP contribution is 2.28. The van der Waals surface area contributed by atoms with E-state index in [1.165, 1.54) is 0 Å². The molecular formula is C17H16ClN3O2. The Morgan fingerprint density at radius 2 is 2.22 bits per heavy atom. The van der Waals surface area contributed by atoms with Crippen LogP contribution in [-0.4, -0.2) is 36.1 Å². The highest BCUT2D eigenvalue weighted by atomic mass is 35.5. The van der Waals surface area contributed by atoms with Crippen molar-refractivity contribution in [1.82, 2.24) is 15.3 Å². The lowest BCUT2D eigenvalue weighted by atomic mass is 10.1. The van der Waals surface area contributed by atoms with Crippen LogP contribution < -0.4 is 5.32 Å². The number of H-pyrrole nitrogens is 1. The van der Waals surface area contributed by atoms with Crippen molar-refractivity contribution in [1.29, 1.82) is 0 Å². The van der Waals surface area contributed by atoms with Gasteiger partial charge in [-0.3, -0.25) is 4.79 Å². The standard InChI is InChI=1S/C17H16ClN3O2/c1-23-8-7-20-17(22)12-4-2-3-11(9-12)15-10-13-14(18)5-6-19-16(13)21-15/h2-6,9-10H,7-8H2,1H3,(H,19,21)(H,20,22). The monoisotopic (exact) mass is 329 g/mol. The zero-order chi connectivity index (χ0) is 16.2. The number of methoxy groups -OCH3 is 1. The van der Waals surface area contributed by atoms with Crippen molar-refractivity contribution in [2.24, 2.45) is 0 Å². The van der Waals surface area contributed by atoms with Gasteiger partial charge in [-0.25, -0.2) is 4.98 Å². The number of nitrogens with one attached hydrogen (secondary N) is 2. The van der Waals surface area contributed by atoms with Gasteiger partial charge in [-0.15, -0.1) is 0 Å². The molecule has 0 atom stereocenters. The van der Waals surface area contributed by atoms with Gasteiger partial charge in [-0.05, 0) is 29.8 Å². The smallest absolute Gasteiger partial charge is 0.251 e. The fraction of sp³-hybridized carbons (Fsp3) is 0.176. The summed E-state index contributed by atoms with van der Waals surface area (Å²) in [4.78, 5) is 19.6. The van der Waals surface area contributed by atoms with Gasteiger partial charge in [0.15, 0.2) is 0 Å². The lowest BCUT2D eigenvalue weighted by Crippen LogP contribution is -2.26. The molecule has 3 rings (SSSR count). The first-order chi connectivity index (χ1) is 11.2. The molecule has 0 bridgehead atoms. The van der Waals surface area contributed by atoms with Crippen molar-refractivity contribution in [2.45, 2.75) is 0 Å². The molecule has 6 heteroatoms. The summed E-state index contributed by atoms with van der Waals surface area (Å²) in [5, 5.41) is 4.31. The quantitative estimate of drug-likeness (QED) is 0.706. The molecule has 23 heavy (non-hydrogen) atoms. The molecule has 0 saturated carbocycles. The summed E-state index contributed by atoms with van der Waals surface area (Å²) in [7, 11) is 1.60. The third kappa shape index (κ3) is 3.36. The van der Waals surface area contributed by atoms with E-state index in [4.69, 9.17) is 16.3 Å². The van der Waals surface area contributed by atoms with Crippen molar-refractivity contribution >= 4 is 28.5 Å². The molecule has 2 N–H and O–H groups in total. The average molecular weight is 330 g/mol. The maximum atomic E-state index is 12.1. The molecule has 0 spiro atoms. The Balaban J connectivity index is 1.89. The number of fused-ring (bicyclic) bond motifs is 1. The maximum absolute atomic E-state index is 12.1. The Kier molecular flexibility index (Phi) is 4.60. The van der Waals surface area contributed by atoms with Crippen molar-refractivity contribution in [3.8, 4) is 11.3 Å². The van der Waals surface area contributed by atoms with E-state index in [0.29, 0.717) is 23.7 Å². The number of hydrogen-bond acceptors (Lipinski definition) is 3. The zero-order valence-corrected chi connectivity index (χ0v) is 13.4. The van der Waals surface area contributed by atoms with Gasteiger partial charge in [0, 0.05) is 36.5 Å². The van der Waals surface area contributed by atoms with Crippen molar-refractivity contribution in [3.63, 3.8) is 0 Å². The summed E-state index contributed by atoms with van der Waals surface area (Å²) < 4.78 is 4.93. The van der Waals surface area contributed by atoms with Crippen LogP contribution in [0.2, 0.25) is 5.02 Å². The molecule has 2 heterocycles. The summed E-state index contributed by atoms with van der Waals surface area (Å²) in [6.07, 6.45) is 1.66. The number of nitrogens with zero attached hydrogens (tertiary/aromatic N) is 1. The Labute approximate surface area is 138 Å². The predicted molar refractivity (Wildman–Crippen MR) is 90.7 cm³/mol. The summed E-state index contributed by atoms with van der Waals surface area (Å²) >= 11 is 6.17. The topological polar surface area (TPSA) is 67.0 Å². The third-order valence-electron chi connectivity index (χ3n) is 3.51. The Morgan fingerprint density at radius 3 is 3.00 bits per heavy atom. The summed E-state index contributed by atoms with van der Waals surface area (Å²) in [5.74, 6) is -0.129. The predicted octanol–water partition coefficient (Wildman–Crippen LogP) is 3.26. The molecule has 0 fully saturated rings. The first-order valence-electron chi connectivity index (χ1n) is 7.20. The highest BCUT2D eigenvalue weighted by Gasteiger charge is 2.10. The number of hydrogen-bond donors (Lipinski definition) is 2. The molecule has 0 aliphatic heterocycles. The van der Waals surface area contributed by atoms with Gasteiger partial charge in [0.1, 0.15) is 5.65 Å². The Morgan fingerprint density at radius 1 is 1.35 bits per heavy atom. The second-order valence-electron chi connectivity index (χ2n) is 5.07. The van der Waals surface area contributed by atoms with Crippen LogP contribution in [0.1, 0.15) is 10.4 Å². The van der Waals surface area contributed by atoms with Crippen LogP contribution in [0, 0.1) is 0 Å². The maximum Gasteiger partial charge on any atom is 0.251 e. The van der Waals surface area contributed by atoms with E-state index in [1.807, 2.05) is 24.3 Å². The first kappa shape index (κ1) is 15.5. The molecule has 118 valence electrons. The van der Waals surface area contributed by atoms with E-state index in [-0.39, 0.29) is 5.91 Å². The molecule has 1 amide bonds. The van der Waals surface area contributed by atoms with Gasteiger partial charge in [-0.1, -0.05) is 23.7 Å². The van der Waals surface area contributed by atoms with E-state index < -0.39 is 0 Å². The second kappa shape index (κ2) is 6.81. The average Bonchev–Trinajstić information content (AvgIpc) is 3.01. The number of rotatable bonds is 5. The fourth-order valence-electron chi connectivity index (χ4n) is 2.35. The summed E-state index contributed by atoms with van der Waals surface area (Å²) in [5.41, 5.74) is 3.09. The van der Waals surface area contributed by atoms with Gasteiger partial charge >= 0.3 is 0 Å². The minimum atomic E-state index is -0.129. The number of halogens is 1. The third-order valence-corrected chi connectivity index (χ3v) is 3.84. The molecule has 5 nitrogen and oxygen atoms in total. The SMILES string of the molecule is COCCNC(=O)c1cccc(-c2cc3c(Cl)ccnc3[nH]2)c1. The molecule has 1 aromatic carbocycles. The minimum absolute atomic E-state index is 0.129. The molecule has 0 aliphatic rings. The van der Waals surface area contributed by atoms with E-state index in [1.54, 1.807) is 25.4 Å². The van der Waals surface area contributed by atoms with Gasteiger partial charge in [0.2, 0.25) is 0 Å². The first-order valence-corrected chi connectivity index (χ1v) is 7.57. The number of aromatic nitrogens is 2. The van der Waals surface area contributed by atoms with Crippen molar-refractivity contribution in [3.05, 3.63) is 53.2 Å². The number of carbonyl (C=O) groups excluding carboxylic acids is 1. The number of ether oxygens (including phenoxy) is 1. The normalized spacial score (nSPS) is 10.9. The van der Waals surface area contributed by atoms with E-state index in [9.17, 15) is 4.79 Å². The van der Waals surface area contributed by atoms with Gasteiger partial charge in [0.25, 0.3) is 5.91 Å². The van der Waals surface area contributed by atoms with Crippen LogP contribution in [0.25, 0.3) is 22.3 Å². The van der Waals surface area contributed by atoms with Crippen LogP contribution in [0.3, 0.4) is 0 Å². The van der Waals surface area contributed by atoms with Crippen LogP contribution in [0.5, 0.6) is 0 Å². The van der Waals surface area contributed by atoms with Crippen LogP contribution in [0.15, 0.2) is 42.6 Å². The Bertz CT molecular complexity index is 845.